The van der Waals surface area contributed by atoms with Gasteiger partial charge in [0, 0.05) is 35.0 Å². The molecule has 1 amide bonds. The molecule has 0 aliphatic rings. The summed E-state index contributed by atoms with van der Waals surface area (Å²) in [6, 6.07) is 22.1. The number of anilines is 3. The number of aromatic nitrogens is 2. The second kappa shape index (κ2) is 10.8. The topological polar surface area (TPSA) is 144 Å². The van der Waals surface area contributed by atoms with Crippen LogP contribution >= 0.6 is 0 Å². The molecule has 2 aromatic heterocycles. The molecule has 0 aliphatic carbocycles. The number of carbonyl (C=O) groups is 1. The fraction of sp³-hybridized carbons (Fsp3) is 0.0690. The van der Waals surface area contributed by atoms with Crippen LogP contribution in [0, 0.1) is 28.4 Å². The van der Waals surface area contributed by atoms with Gasteiger partial charge in [0.05, 0.1) is 46.9 Å². The molecule has 11 heteroatoms. The number of fused-ring (bicyclic) bond motifs is 1. The number of nitriles is 1. The molecule has 0 unspecified atom stereocenters. The summed E-state index contributed by atoms with van der Waals surface area (Å²) in [4.78, 5) is 23.4. The van der Waals surface area contributed by atoms with Gasteiger partial charge in [0.25, 0.3) is 11.6 Å². The minimum absolute atomic E-state index is 0.143. The minimum Gasteiger partial charge on any atom is -0.497 e. The molecule has 11 nitrogen and oxygen atoms in total. The Labute approximate surface area is 228 Å². The zero-order valence-electron chi connectivity index (χ0n) is 21.4. The van der Waals surface area contributed by atoms with E-state index in [1.807, 2.05) is 30.3 Å². The molecule has 0 saturated carbocycles. The molecule has 0 bridgehead atoms. The number of ether oxygens (including phenoxy) is 2. The lowest BCUT2D eigenvalue weighted by Gasteiger charge is -2.12. The first-order chi connectivity index (χ1) is 19.4. The molecule has 5 aromatic rings. The first kappa shape index (κ1) is 25.7. The number of methoxy groups -OCH3 is 1. The lowest BCUT2D eigenvalue weighted by molar-refractivity contribution is -0.384. The minimum atomic E-state index is -0.558. The predicted octanol–water partition coefficient (Wildman–Crippen LogP) is 6.22. The van der Waals surface area contributed by atoms with E-state index in [4.69, 9.17) is 9.47 Å². The lowest BCUT2D eigenvalue weighted by Crippen LogP contribution is -2.12. The maximum absolute atomic E-state index is 12.9. The van der Waals surface area contributed by atoms with Gasteiger partial charge in [0.15, 0.2) is 0 Å². The summed E-state index contributed by atoms with van der Waals surface area (Å²) in [6.07, 6.45) is 3.05. The number of nitro groups is 1. The van der Waals surface area contributed by atoms with E-state index in [-0.39, 0.29) is 11.3 Å². The third-order valence-electron chi connectivity index (χ3n) is 6.15. The quantitative estimate of drug-likeness (QED) is 0.176. The van der Waals surface area contributed by atoms with Gasteiger partial charge >= 0.3 is 0 Å². The van der Waals surface area contributed by atoms with Gasteiger partial charge in [-0.05, 0) is 49.4 Å². The predicted molar refractivity (Wildman–Crippen MR) is 148 cm³/mol. The van der Waals surface area contributed by atoms with E-state index in [1.54, 1.807) is 42.9 Å². The van der Waals surface area contributed by atoms with Gasteiger partial charge in [0.1, 0.15) is 23.3 Å². The molecule has 5 rings (SSSR count). The average molecular weight is 535 g/mol. The zero-order chi connectivity index (χ0) is 28.2. The van der Waals surface area contributed by atoms with Crippen LogP contribution in [0.1, 0.15) is 21.5 Å². The normalized spacial score (nSPS) is 10.5. The van der Waals surface area contributed by atoms with Gasteiger partial charge < -0.3 is 20.1 Å². The standard InChI is InChI=1S/C29H22N6O5/c1-18-26(33-29(36)19-5-3-6-22(13-19)35(37)38)17-34-28(18)27(20(15-30)16-31-34)32-21-9-11-23(12-10-21)40-25-8-4-7-24(14-25)39-2/h3-14,16-17,32H,1-2H3,(H,33,36). The van der Waals surface area contributed by atoms with Crippen LogP contribution in [-0.4, -0.2) is 27.6 Å². The van der Waals surface area contributed by atoms with Gasteiger partial charge in [-0.3, -0.25) is 14.9 Å². The molecule has 0 atom stereocenters. The molecular formula is C29H22N6O5. The number of nitro benzene ring substituents is 1. The van der Waals surface area contributed by atoms with E-state index < -0.39 is 10.8 Å². The number of amides is 1. The van der Waals surface area contributed by atoms with Gasteiger partial charge in [-0.25, -0.2) is 4.52 Å². The summed E-state index contributed by atoms with van der Waals surface area (Å²) < 4.78 is 12.7. The second-order valence-electron chi connectivity index (χ2n) is 8.70. The number of benzene rings is 3. The summed E-state index contributed by atoms with van der Waals surface area (Å²) in [5.41, 5.74) is 3.17. The Hall–Kier alpha value is -5.89. The molecular weight excluding hydrogens is 512 g/mol. The number of rotatable bonds is 8. The summed E-state index contributed by atoms with van der Waals surface area (Å²) in [5, 5.41) is 31.3. The third-order valence-corrected chi connectivity index (χ3v) is 6.15. The van der Waals surface area contributed by atoms with E-state index in [0.29, 0.717) is 51.0 Å². The van der Waals surface area contributed by atoms with Crippen molar-refractivity contribution in [1.82, 2.24) is 9.61 Å². The Balaban J connectivity index is 1.41. The van der Waals surface area contributed by atoms with Crippen LogP contribution in [0.4, 0.5) is 22.7 Å². The van der Waals surface area contributed by atoms with Crippen molar-refractivity contribution in [2.75, 3.05) is 17.7 Å². The zero-order valence-corrected chi connectivity index (χ0v) is 21.4. The summed E-state index contributed by atoms with van der Waals surface area (Å²) in [5.74, 6) is 1.42. The smallest absolute Gasteiger partial charge is 0.270 e. The average Bonchev–Trinajstić information content (AvgIpc) is 3.29. The fourth-order valence-electron chi connectivity index (χ4n) is 4.13. The first-order valence-corrected chi connectivity index (χ1v) is 12.0. The molecule has 198 valence electrons. The van der Waals surface area contributed by atoms with E-state index in [0.717, 1.165) is 0 Å². The highest BCUT2D eigenvalue weighted by atomic mass is 16.6. The molecule has 0 aliphatic heterocycles. The lowest BCUT2D eigenvalue weighted by atomic mass is 10.1. The monoisotopic (exact) mass is 534 g/mol. The van der Waals surface area contributed by atoms with Gasteiger partial charge in [-0.15, -0.1) is 0 Å². The van der Waals surface area contributed by atoms with Crippen molar-refractivity contribution < 1.29 is 19.2 Å². The molecule has 0 saturated heterocycles. The molecule has 40 heavy (non-hydrogen) atoms. The Morgan fingerprint density at radius 1 is 1.05 bits per heavy atom. The number of hydrogen-bond donors (Lipinski definition) is 2. The third kappa shape index (κ3) is 5.23. The van der Waals surface area contributed by atoms with Crippen LogP contribution in [-0.2, 0) is 0 Å². The highest BCUT2D eigenvalue weighted by molar-refractivity contribution is 6.06. The van der Waals surface area contributed by atoms with Crippen molar-refractivity contribution in [2.24, 2.45) is 0 Å². The molecule has 0 radical (unpaired) electrons. The number of non-ortho nitro benzene ring substituents is 1. The SMILES string of the molecule is COc1cccc(Oc2ccc(Nc3c(C#N)cnn4cc(NC(=O)c5cccc([N+](=O)[O-])c5)c(C)c34)cc2)c1. The maximum atomic E-state index is 12.9. The summed E-state index contributed by atoms with van der Waals surface area (Å²) in [7, 11) is 1.59. The second-order valence-corrected chi connectivity index (χ2v) is 8.70. The highest BCUT2D eigenvalue weighted by Gasteiger charge is 2.19. The van der Waals surface area contributed by atoms with Gasteiger partial charge in [-0.1, -0.05) is 12.1 Å². The Bertz CT molecular complexity index is 1790. The maximum Gasteiger partial charge on any atom is 0.270 e. The van der Waals surface area contributed by atoms with E-state index in [9.17, 15) is 20.2 Å². The van der Waals surface area contributed by atoms with Crippen molar-refractivity contribution >= 4 is 34.2 Å². The summed E-state index contributed by atoms with van der Waals surface area (Å²) in [6.45, 7) is 1.79. The summed E-state index contributed by atoms with van der Waals surface area (Å²) >= 11 is 0. The molecule has 3 aromatic carbocycles. The largest absolute Gasteiger partial charge is 0.497 e. The number of hydrogen-bond acceptors (Lipinski definition) is 8. The van der Waals surface area contributed by atoms with Gasteiger partial charge in [-0.2, -0.15) is 10.4 Å². The molecule has 2 N–H and O–H groups in total. The number of nitrogens with zero attached hydrogens (tertiary/aromatic N) is 4. The number of nitrogens with one attached hydrogen (secondary N) is 2. The van der Waals surface area contributed by atoms with Crippen LogP contribution in [0.3, 0.4) is 0 Å². The Kier molecular flexibility index (Phi) is 6.98. The Morgan fingerprint density at radius 2 is 1.80 bits per heavy atom. The van der Waals surface area contributed by atoms with Crippen LogP contribution in [0.25, 0.3) is 5.52 Å². The van der Waals surface area contributed by atoms with Crippen LogP contribution < -0.4 is 20.1 Å². The Morgan fingerprint density at radius 3 is 2.52 bits per heavy atom. The van der Waals surface area contributed by atoms with Crippen molar-refractivity contribution in [3.05, 3.63) is 112 Å². The van der Waals surface area contributed by atoms with Crippen LogP contribution in [0.2, 0.25) is 0 Å². The molecule has 0 spiro atoms. The number of aryl methyl sites for hydroxylation is 1. The fourth-order valence-corrected chi connectivity index (χ4v) is 4.13. The van der Waals surface area contributed by atoms with E-state index >= 15 is 0 Å². The first-order valence-electron chi connectivity index (χ1n) is 12.0. The van der Waals surface area contributed by atoms with Crippen molar-refractivity contribution in [2.45, 2.75) is 6.92 Å². The van der Waals surface area contributed by atoms with Gasteiger partial charge in [0.2, 0.25) is 0 Å². The van der Waals surface area contributed by atoms with Crippen molar-refractivity contribution in [1.29, 1.82) is 5.26 Å². The van der Waals surface area contributed by atoms with Crippen LogP contribution in [0.15, 0.2) is 85.2 Å². The van der Waals surface area contributed by atoms with E-state index in [1.165, 1.54) is 30.5 Å². The molecule has 0 fully saturated rings. The van der Waals surface area contributed by atoms with Crippen molar-refractivity contribution in [3.8, 4) is 23.3 Å². The highest BCUT2D eigenvalue weighted by Crippen LogP contribution is 2.33. The number of carbonyl (C=O) groups excluding carboxylic acids is 1. The van der Waals surface area contributed by atoms with Crippen molar-refractivity contribution in [3.63, 3.8) is 0 Å². The molecule has 2 heterocycles. The van der Waals surface area contributed by atoms with Crippen LogP contribution in [0.5, 0.6) is 17.2 Å². The van der Waals surface area contributed by atoms with E-state index in [2.05, 4.69) is 21.8 Å².